The molecule has 2 aromatic rings. The Bertz CT molecular complexity index is 604. The summed E-state index contributed by atoms with van der Waals surface area (Å²) in [6.45, 7) is 2.11. The van der Waals surface area contributed by atoms with E-state index >= 15 is 0 Å². The summed E-state index contributed by atoms with van der Waals surface area (Å²) in [5, 5.41) is 0.301. The van der Waals surface area contributed by atoms with E-state index in [9.17, 15) is 9.18 Å². The van der Waals surface area contributed by atoms with Gasteiger partial charge in [0.25, 0.3) is 5.91 Å². The minimum absolute atomic E-state index is 0.231. The van der Waals surface area contributed by atoms with E-state index in [2.05, 4.69) is 4.98 Å². The molecule has 1 aromatic carbocycles. The van der Waals surface area contributed by atoms with E-state index in [4.69, 9.17) is 11.6 Å². The van der Waals surface area contributed by atoms with Crippen LogP contribution in [0.3, 0.4) is 0 Å². The predicted octanol–water partition coefficient (Wildman–Crippen LogP) is 3.54. The van der Waals surface area contributed by atoms with Crippen LogP contribution in [-0.4, -0.2) is 17.4 Å². The Morgan fingerprint density at radius 1 is 1.37 bits per heavy atom. The van der Waals surface area contributed by atoms with Gasteiger partial charge in [0, 0.05) is 18.9 Å². The first-order valence-corrected chi connectivity index (χ1v) is 6.19. The molecule has 1 heterocycles. The van der Waals surface area contributed by atoms with Gasteiger partial charge in [-0.1, -0.05) is 23.7 Å². The number of hydrogen-bond acceptors (Lipinski definition) is 2. The second-order valence-corrected chi connectivity index (χ2v) is 4.26. The Labute approximate surface area is 115 Å². The third-order valence-electron chi connectivity index (χ3n) is 2.70. The van der Waals surface area contributed by atoms with Crippen LogP contribution in [0, 0.1) is 5.82 Å². The standard InChI is InChI=1S/C14H12ClFN2O/c1-2-18(13-6-4-3-5-12(13)16)14(19)10-9-17-8-7-11(10)15/h3-9H,2H2,1H3. The predicted molar refractivity (Wildman–Crippen MR) is 73.0 cm³/mol. The fraction of sp³-hybridized carbons (Fsp3) is 0.143. The molecule has 0 N–H and O–H groups in total. The molecule has 1 amide bonds. The zero-order valence-corrected chi connectivity index (χ0v) is 11.1. The Morgan fingerprint density at radius 3 is 2.74 bits per heavy atom. The Balaban J connectivity index is 2.41. The second kappa shape index (κ2) is 5.80. The Kier molecular flexibility index (Phi) is 4.12. The summed E-state index contributed by atoms with van der Waals surface area (Å²) < 4.78 is 13.8. The van der Waals surface area contributed by atoms with Crippen molar-refractivity contribution in [1.82, 2.24) is 4.98 Å². The van der Waals surface area contributed by atoms with Crippen LogP contribution in [0.1, 0.15) is 17.3 Å². The molecule has 0 radical (unpaired) electrons. The van der Waals surface area contributed by atoms with E-state index in [1.165, 1.54) is 29.4 Å². The molecule has 0 saturated heterocycles. The van der Waals surface area contributed by atoms with Gasteiger partial charge in [-0.3, -0.25) is 9.78 Å². The average molecular weight is 279 g/mol. The number of carbonyl (C=O) groups is 1. The average Bonchev–Trinajstić information content (AvgIpc) is 2.42. The highest BCUT2D eigenvalue weighted by atomic mass is 35.5. The lowest BCUT2D eigenvalue weighted by molar-refractivity contribution is 0.0987. The van der Waals surface area contributed by atoms with Crippen molar-refractivity contribution in [2.45, 2.75) is 6.92 Å². The number of carbonyl (C=O) groups excluding carboxylic acids is 1. The van der Waals surface area contributed by atoms with Gasteiger partial charge in [-0.05, 0) is 25.1 Å². The molecule has 0 aliphatic heterocycles. The summed E-state index contributed by atoms with van der Waals surface area (Å²) in [7, 11) is 0. The maximum atomic E-state index is 13.8. The summed E-state index contributed by atoms with van der Waals surface area (Å²) in [5.74, 6) is -0.816. The molecule has 3 nitrogen and oxygen atoms in total. The fourth-order valence-corrected chi connectivity index (χ4v) is 1.96. The summed E-state index contributed by atoms with van der Waals surface area (Å²) in [6, 6.07) is 7.66. The van der Waals surface area contributed by atoms with Crippen molar-refractivity contribution in [3.8, 4) is 0 Å². The molecule has 2 rings (SSSR count). The minimum Gasteiger partial charge on any atom is -0.306 e. The number of anilines is 1. The molecule has 0 unspecified atom stereocenters. The lowest BCUT2D eigenvalue weighted by Crippen LogP contribution is -2.31. The monoisotopic (exact) mass is 278 g/mol. The molecule has 0 aliphatic carbocycles. The molecule has 19 heavy (non-hydrogen) atoms. The van der Waals surface area contributed by atoms with Crippen molar-refractivity contribution >= 4 is 23.2 Å². The third kappa shape index (κ3) is 2.74. The highest BCUT2D eigenvalue weighted by Gasteiger charge is 2.20. The molecule has 0 bridgehead atoms. The quantitative estimate of drug-likeness (QED) is 0.860. The van der Waals surface area contributed by atoms with E-state index in [0.717, 1.165) is 0 Å². The van der Waals surface area contributed by atoms with Crippen molar-refractivity contribution in [2.75, 3.05) is 11.4 Å². The summed E-state index contributed by atoms with van der Waals surface area (Å²) >= 11 is 5.97. The van der Waals surface area contributed by atoms with Crippen LogP contribution < -0.4 is 4.90 Å². The lowest BCUT2D eigenvalue weighted by Gasteiger charge is -2.21. The van der Waals surface area contributed by atoms with Crippen LogP contribution in [0.5, 0.6) is 0 Å². The van der Waals surface area contributed by atoms with Gasteiger partial charge in [-0.15, -0.1) is 0 Å². The van der Waals surface area contributed by atoms with Crippen LogP contribution in [0.4, 0.5) is 10.1 Å². The van der Waals surface area contributed by atoms with Gasteiger partial charge >= 0.3 is 0 Å². The van der Waals surface area contributed by atoms with Crippen LogP contribution in [-0.2, 0) is 0 Å². The van der Waals surface area contributed by atoms with Crippen molar-refractivity contribution < 1.29 is 9.18 Å². The van der Waals surface area contributed by atoms with Gasteiger partial charge in [0.2, 0.25) is 0 Å². The highest BCUT2D eigenvalue weighted by molar-refractivity contribution is 6.34. The van der Waals surface area contributed by atoms with E-state index in [1.807, 2.05) is 0 Å². The summed E-state index contributed by atoms with van der Waals surface area (Å²) in [4.78, 5) is 17.6. The zero-order valence-electron chi connectivity index (χ0n) is 10.3. The number of para-hydroxylation sites is 1. The molecule has 0 atom stereocenters. The van der Waals surface area contributed by atoms with Gasteiger partial charge in [0.15, 0.2) is 0 Å². The number of aromatic nitrogens is 1. The number of benzene rings is 1. The van der Waals surface area contributed by atoms with Crippen molar-refractivity contribution in [3.05, 3.63) is 59.1 Å². The molecule has 98 valence electrons. The molecule has 0 spiro atoms. The summed E-state index contributed by atoms with van der Waals surface area (Å²) in [5.41, 5.74) is 0.490. The van der Waals surface area contributed by atoms with Gasteiger partial charge in [0.1, 0.15) is 5.82 Å². The van der Waals surface area contributed by atoms with E-state index in [-0.39, 0.29) is 17.2 Å². The Morgan fingerprint density at radius 2 is 2.11 bits per heavy atom. The summed E-state index contributed by atoms with van der Waals surface area (Å²) in [6.07, 6.45) is 2.88. The first-order chi connectivity index (χ1) is 9.15. The molecular formula is C14H12ClFN2O. The number of pyridine rings is 1. The minimum atomic E-state index is -0.447. The lowest BCUT2D eigenvalue weighted by atomic mass is 10.2. The van der Waals surface area contributed by atoms with Gasteiger partial charge in [-0.2, -0.15) is 0 Å². The highest BCUT2D eigenvalue weighted by Crippen LogP contribution is 2.23. The number of nitrogens with zero attached hydrogens (tertiary/aromatic N) is 2. The molecule has 0 fully saturated rings. The number of hydrogen-bond donors (Lipinski definition) is 0. The van der Waals surface area contributed by atoms with Crippen LogP contribution in [0.25, 0.3) is 0 Å². The number of amides is 1. The fourth-order valence-electron chi connectivity index (χ4n) is 1.77. The van der Waals surface area contributed by atoms with Gasteiger partial charge in [0.05, 0.1) is 16.3 Å². The Hall–Kier alpha value is -1.94. The molecular weight excluding hydrogens is 267 g/mol. The van der Waals surface area contributed by atoms with Crippen LogP contribution in [0.2, 0.25) is 5.02 Å². The maximum absolute atomic E-state index is 13.8. The SMILES string of the molecule is CCN(C(=O)c1cnccc1Cl)c1ccccc1F. The molecule has 0 aliphatic rings. The normalized spacial score (nSPS) is 10.3. The van der Waals surface area contributed by atoms with Crippen molar-refractivity contribution in [2.24, 2.45) is 0 Å². The van der Waals surface area contributed by atoms with Gasteiger partial charge < -0.3 is 4.90 Å². The van der Waals surface area contributed by atoms with E-state index in [0.29, 0.717) is 11.6 Å². The molecule has 5 heteroatoms. The third-order valence-corrected chi connectivity index (χ3v) is 3.03. The number of rotatable bonds is 3. The maximum Gasteiger partial charge on any atom is 0.261 e. The first-order valence-electron chi connectivity index (χ1n) is 5.81. The zero-order chi connectivity index (χ0) is 13.8. The molecule has 0 saturated carbocycles. The van der Waals surface area contributed by atoms with Crippen LogP contribution in [0.15, 0.2) is 42.7 Å². The van der Waals surface area contributed by atoms with Crippen molar-refractivity contribution in [1.29, 1.82) is 0 Å². The smallest absolute Gasteiger partial charge is 0.261 e. The van der Waals surface area contributed by atoms with E-state index < -0.39 is 5.82 Å². The first kappa shape index (κ1) is 13.5. The second-order valence-electron chi connectivity index (χ2n) is 3.86. The van der Waals surface area contributed by atoms with Crippen LogP contribution >= 0.6 is 11.6 Å². The van der Waals surface area contributed by atoms with Crippen molar-refractivity contribution in [3.63, 3.8) is 0 Å². The largest absolute Gasteiger partial charge is 0.306 e. The number of halogens is 2. The topological polar surface area (TPSA) is 33.2 Å². The van der Waals surface area contributed by atoms with Gasteiger partial charge in [-0.25, -0.2) is 4.39 Å². The van der Waals surface area contributed by atoms with E-state index in [1.54, 1.807) is 25.1 Å². The molecule has 1 aromatic heterocycles.